The summed E-state index contributed by atoms with van der Waals surface area (Å²) in [5.74, 6) is -0.763. The van der Waals surface area contributed by atoms with Crippen molar-refractivity contribution in [1.82, 2.24) is 9.13 Å². The molecule has 0 unspecified atom stereocenters. The second kappa shape index (κ2) is 10.5. The number of thiophene rings is 1. The molecule has 7 heteroatoms. The van der Waals surface area contributed by atoms with Crippen LogP contribution in [0.5, 0.6) is 0 Å². The van der Waals surface area contributed by atoms with Crippen LogP contribution in [0.15, 0.2) is 146 Å². The molecule has 10 aromatic rings. The minimum absolute atomic E-state index is 0.369. The van der Waals surface area contributed by atoms with Crippen LogP contribution in [0.1, 0.15) is 26.3 Å². The zero-order chi connectivity index (χ0) is 34.7. The fraction of sp³-hybridized carbons (Fsp3) is 0. The Labute approximate surface area is 300 Å². The molecule has 2 amide bonds. The van der Waals surface area contributed by atoms with Crippen LogP contribution in [0.25, 0.3) is 75.2 Å². The van der Waals surface area contributed by atoms with E-state index in [1.807, 2.05) is 29.5 Å². The van der Waals surface area contributed by atoms with Crippen LogP contribution >= 0.6 is 11.3 Å². The van der Waals surface area contributed by atoms with Crippen molar-refractivity contribution in [3.8, 4) is 17.4 Å². The van der Waals surface area contributed by atoms with E-state index in [0.29, 0.717) is 28.1 Å². The summed E-state index contributed by atoms with van der Waals surface area (Å²) in [5, 5.41) is 16.8. The topological polar surface area (TPSA) is 71.0 Å². The number of hydrogen-bond donors (Lipinski definition) is 0. The third-order valence-electron chi connectivity index (χ3n) is 10.5. The molecule has 1 aliphatic heterocycles. The maximum absolute atomic E-state index is 13.8. The Bertz CT molecular complexity index is 3230. The van der Waals surface area contributed by atoms with Crippen molar-refractivity contribution in [1.29, 1.82) is 5.26 Å². The molecule has 0 N–H and O–H groups in total. The highest BCUT2D eigenvalue weighted by Gasteiger charge is 2.38. The van der Waals surface area contributed by atoms with Gasteiger partial charge in [0, 0.05) is 47.4 Å². The molecular formula is C45H24N4O2S. The summed E-state index contributed by atoms with van der Waals surface area (Å²) >= 11 is 1.81. The quantitative estimate of drug-likeness (QED) is 0.174. The molecular weight excluding hydrogens is 661 g/mol. The molecule has 242 valence electrons. The van der Waals surface area contributed by atoms with Crippen molar-refractivity contribution < 1.29 is 9.59 Å². The van der Waals surface area contributed by atoms with Gasteiger partial charge in [0.25, 0.3) is 11.8 Å². The van der Waals surface area contributed by atoms with Gasteiger partial charge in [0.2, 0.25) is 0 Å². The Kier molecular flexibility index (Phi) is 5.81. The number of nitrogens with zero attached hydrogens (tertiary/aromatic N) is 4. The highest BCUT2D eigenvalue weighted by atomic mass is 32.1. The van der Waals surface area contributed by atoms with Crippen LogP contribution in [-0.2, 0) is 0 Å². The molecule has 1 aliphatic rings. The zero-order valence-corrected chi connectivity index (χ0v) is 28.2. The first-order chi connectivity index (χ1) is 25.6. The van der Waals surface area contributed by atoms with E-state index in [4.69, 9.17) is 0 Å². The van der Waals surface area contributed by atoms with Gasteiger partial charge in [-0.1, -0.05) is 66.7 Å². The van der Waals surface area contributed by atoms with E-state index in [2.05, 4.69) is 100 Å². The monoisotopic (exact) mass is 684 g/mol. The lowest BCUT2D eigenvalue weighted by atomic mass is 10.1. The first kappa shape index (κ1) is 28.8. The van der Waals surface area contributed by atoms with Gasteiger partial charge >= 0.3 is 0 Å². The maximum Gasteiger partial charge on any atom is 0.266 e. The van der Waals surface area contributed by atoms with Crippen LogP contribution in [0, 0.1) is 11.3 Å². The van der Waals surface area contributed by atoms with Crippen LogP contribution in [-0.4, -0.2) is 20.9 Å². The molecule has 0 radical (unpaired) electrons. The van der Waals surface area contributed by atoms with Crippen LogP contribution in [0.2, 0.25) is 0 Å². The second-order valence-corrected chi connectivity index (χ2v) is 14.3. The lowest BCUT2D eigenvalue weighted by Crippen LogP contribution is -2.30. The van der Waals surface area contributed by atoms with Gasteiger partial charge in [-0.25, -0.2) is 4.90 Å². The minimum atomic E-state index is -0.381. The van der Waals surface area contributed by atoms with E-state index >= 15 is 0 Å². The first-order valence-corrected chi connectivity index (χ1v) is 17.8. The number of anilines is 1. The molecule has 0 saturated carbocycles. The van der Waals surface area contributed by atoms with Crippen molar-refractivity contribution in [2.24, 2.45) is 0 Å². The van der Waals surface area contributed by atoms with Crippen LogP contribution < -0.4 is 4.90 Å². The van der Waals surface area contributed by atoms with Crippen molar-refractivity contribution in [2.45, 2.75) is 0 Å². The SMILES string of the molecule is N#Cc1ccc(N2C(=O)c3ccccc3C2=O)c(-n2c3ccccc3c3cc4c(cc32)c2ccccc2n4-c2ccc3sc4ccccc4c3c2)c1. The standard InChI is InChI=1S/C45H24N4O2S/c46-25-26-17-19-38(49-44(50)31-12-1-2-13-32(31)45(49)51)41(21-26)48-37-15-7-4-10-29(37)34-23-39-33(24-40(34)48)28-9-3-6-14-36(28)47(39)27-18-20-43-35(22-27)30-11-5-8-16-42(30)52-43/h1-24H. The first-order valence-electron chi connectivity index (χ1n) is 17.0. The number of para-hydroxylation sites is 2. The molecule has 7 aromatic carbocycles. The second-order valence-electron chi connectivity index (χ2n) is 13.2. The predicted molar refractivity (Wildman–Crippen MR) is 210 cm³/mol. The molecule has 0 bridgehead atoms. The Morgan fingerprint density at radius 2 is 1.04 bits per heavy atom. The van der Waals surface area contributed by atoms with E-state index in [0.717, 1.165) is 49.3 Å². The fourth-order valence-electron chi connectivity index (χ4n) is 8.19. The number of imide groups is 1. The van der Waals surface area contributed by atoms with Gasteiger partial charge in [-0.2, -0.15) is 5.26 Å². The minimum Gasteiger partial charge on any atom is -0.309 e. The summed E-state index contributed by atoms with van der Waals surface area (Å²) in [6, 6.07) is 50.7. The summed E-state index contributed by atoms with van der Waals surface area (Å²) in [6.07, 6.45) is 0. The number of carbonyl (C=O) groups excluding carboxylic acids is 2. The fourth-order valence-corrected chi connectivity index (χ4v) is 9.28. The average Bonchev–Trinajstić information content (AvgIpc) is 3.90. The third-order valence-corrected chi connectivity index (χ3v) is 11.6. The van der Waals surface area contributed by atoms with Gasteiger partial charge in [-0.15, -0.1) is 11.3 Å². The van der Waals surface area contributed by atoms with E-state index in [1.165, 1.54) is 25.1 Å². The maximum atomic E-state index is 13.8. The highest BCUT2D eigenvalue weighted by Crippen LogP contribution is 2.43. The Morgan fingerprint density at radius 1 is 0.462 bits per heavy atom. The number of carbonyl (C=O) groups is 2. The largest absolute Gasteiger partial charge is 0.309 e. The Balaban J connectivity index is 1.22. The molecule has 0 atom stereocenters. The van der Waals surface area contributed by atoms with E-state index in [-0.39, 0.29) is 11.8 Å². The number of amides is 2. The smallest absolute Gasteiger partial charge is 0.266 e. The molecule has 0 fully saturated rings. The predicted octanol–water partition coefficient (Wildman–Crippen LogP) is 10.9. The molecule has 0 aliphatic carbocycles. The van der Waals surface area contributed by atoms with Crippen molar-refractivity contribution in [3.05, 3.63) is 162 Å². The number of benzene rings is 7. The molecule has 3 aromatic heterocycles. The van der Waals surface area contributed by atoms with Crippen molar-refractivity contribution in [2.75, 3.05) is 4.90 Å². The van der Waals surface area contributed by atoms with Gasteiger partial charge in [-0.05, 0) is 78.9 Å². The Morgan fingerprint density at radius 3 is 1.73 bits per heavy atom. The highest BCUT2D eigenvalue weighted by molar-refractivity contribution is 7.25. The molecule has 52 heavy (non-hydrogen) atoms. The van der Waals surface area contributed by atoms with E-state index in [1.54, 1.807) is 42.5 Å². The average molecular weight is 685 g/mol. The van der Waals surface area contributed by atoms with Gasteiger partial charge in [0.05, 0.1) is 56.2 Å². The number of aromatic nitrogens is 2. The third kappa shape index (κ3) is 3.81. The van der Waals surface area contributed by atoms with Crippen LogP contribution in [0.3, 0.4) is 0 Å². The summed E-state index contributed by atoms with van der Waals surface area (Å²) in [4.78, 5) is 28.9. The van der Waals surface area contributed by atoms with Gasteiger partial charge in [0.15, 0.2) is 0 Å². The number of hydrogen-bond acceptors (Lipinski definition) is 4. The molecule has 11 rings (SSSR count). The van der Waals surface area contributed by atoms with Crippen molar-refractivity contribution >= 4 is 92.6 Å². The van der Waals surface area contributed by atoms with Crippen LogP contribution in [0.4, 0.5) is 5.69 Å². The molecule has 0 spiro atoms. The number of nitriles is 1. The van der Waals surface area contributed by atoms with Gasteiger partial charge < -0.3 is 9.13 Å². The summed E-state index contributed by atoms with van der Waals surface area (Å²) in [6.45, 7) is 0. The summed E-state index contributed by atoms with van der Waals surface area (Å²) in [7, 11) is 0. The molecule has 4 heterocycles. The van der Waals surface area contributed by atoms with E-state index in [9.17, 15) is 14.9 Å². The van der Waals surface area contributed by atoms with Gasteiger partial charge in [-0.3, -0.25) is 9.59 Å². The van der Waals surface area contributed by atoms with E-state index < -0.39 is 0 Å². The molecule has 6 nitrogen and oxygen atoms in total. The Hall–Kier alpha value is -7.01. The lowest BCUT2D eigenvalue weighted by Gasteiger charge is -2.20. The number of rotatable bonds is 3. The van der Waals surface area contributed by atoms with Crippen molar-refractivity contribution in [3.63, 3.8) is 0 Å². The lowest BCUT2D eigenvalue weighted by molar-refractivity contribution is 0.0926. The summed E-state index contributed by atoms with van der Waals surface area (Å²) in [5.41, 5.74) is 7.23. The zero-order valence-electron chi connectivity index (χ0n) is 27.4. The van der Waals surface area contributed by atoms with Gasteiger partial charge in [0.1, 0.15) is 0 Å². The number of fused-ring (bicyclic) bond motifs is 10. The normalized spacial score (nSPS) is 13.0. The summed E-state index contributed by atoms with van der Waals surface area (Å²) < 4.78 is 6.97. The molecule has 0 saturated heterocycles.